The Morgan fingerprint density at radius 1 is 0.952 bits per heavy atom. The molecule has 1 unspecified atom stereocenters. The molecular formula is C18H19NO2. The Kier molecular flexibility index (Phi) is 4.02. The van der Waals surface area contributed by atoms with Crippen molar-refractivity contribution in [3.05, 3.63) is 71.8 Å². The van der Waals surface area contributed by atoms with E-state index in [4.69, 9.17) is 0 Å². The molecule has 0 bridgehead atoms. The Morgan fingerprint density at radius 2 is 1.43 bits per heavy atom. The summed E-state index contributed by atoms with van der Waals surface area (Å²) in [4.78, 5) is 11.8. The summed E-state index contributed by atoms with van der Waals surface area (Å²) < 4.78 is 0. The highest BCUT2D eigenvalue weighted by Crippen LogP contribution is 2.31. The summed E-state index contributed by atoms with van der Waals surface area (Å²) in [5.74, 6) is -0.967. The first-order valence-electron chi connectivity index (χ1n) is 7.34. The Hall–Kier alpha value is -2.13. The molecule has 2 N–H and O–H groups in total. The van der Waals surface area contributed by atoms with Crippen LogP contribution in [-0.2, 0) is 4.79 Å². The average molecular weight is 281 g/mol. The zero-order valence-corrected chi connectivity index (χ0v) is 11.8. The monoisotopic (exact) mass is 281 g/mol. The molecule has 1 atom stereocenters. The third-order valence-corrected chi connectivity index (χ3v) is 3.91. The van der Waals surface area contributed by atoms with E-state index in [1.165, 1.54) is 0 Å². The van der Waals surface area contributed by atoms with Gasteiger partial charge in [0.15, 0.2) is 0 Å². The zero-order valence-electron chi connectivity index (χ0n) is 11.8. The minimum absolute atomic E-state index is 0.175. The molecule has 0 spiro atoms. The molecule has 0 aliphatic heterocycles. The van der Waals surface area contributed by atoms with E-state index in [1.807, 2.05) is 60.7 Å². The van der Waals surface area contributed by atoms with E-state index in [9.17, 15) is 9.90 Å². The average Bonchev–Trinajstić information content (AvgIpc) is 3.33. The van der Waals surface area contributed by atoms with E-state index in [0.717, 1.165) is 24.0 Å². The van der Waals surface area contributed by atoms with Crippen molar-refractivity contribution in [2.45, 2.75) is 30.8 Å². The lowest BCUT2D eigenvalue weighted by molar-refractivity contribution is -0.139. The lowest BCUT2D eigenvalue weighted by atomic mass is 9.85. The molecule has 1 fully saturated rings. The second-order valence-corrected chi connectivity index (χ2v) is 5.56. The molecule has 3 heteroatoms. The van der Waals surface area contributed by atoms with Crippen molar-refractivity contribution in [2.24, 2.45) is 0 Å². The third-order valence-electron chi connectivity index (χ3n) is 3.91. The number of hydrogen-bond donors (Lipinski definition) is 2. The molecule has 3 rings (SSSR count). The molecule has 2 aromatic rings. The van der Waals surface area contributed by atoms with Crippen LogP contribution in [0.1, 0.15) is 29.9 Å². The fraction of sp³-hybridized carbons (Fsp3) is 0.278. The van der Waals surface area contributed by atoms with E-state index < -0.39 is 12.0 Å². The van der Waals surface area contributed by atoms with Crippen LogP contribution in [0.2, 0.25) is 0 Å². The van der Waals surface area contributed by atoms with E-state index in [0.29, 0.717) is 6.04 Å². The maximum atomic E-state index is 11.8. The van der Waals surface area contributed by atoms with Crippen molar-refractivity contribution in [3.63, 3.8) is 0 Å². The summed E-state index contributed by atoms with van der Waals surface area (Å²) in [6.45, 7) is 0. The number of benzene rings is 2. The molecule has 0 aromatic heterocycles. The second kappa shape index (κ2) is 6.10. The van der Waals surface area contributed by atoms with Gasteiger partial charge in [0.25, 0.3) is 0 Å². The van der Waals surface area contributed by atoms with Gasteiger partial charge < -0.3 is 10.4 Å². The van der Waals surface area contributed by atoms with Crippen LogP contribution in [0, 0.1) is 0 Å². The van der Waals surface area contributed by atoms with Crippen molar-refractivity contribution in [2.75, 3.05) is 0 Å². The number of carboxylic acids is 1. The van der Waals surface area contributed by atoms with Gasteiger partial charge in [0.1, 0.15) is 6.04 Å². The Morgan fingerprint density at radius 3 is 1.81 bits per heavy atom. The van der Waals surface area contributed by atoms with Gasteiger partial charge in [-0.2, -0.15) is 0 Å². The highest BCUT2D eigenvalue weighted by molar-refractivity contribution is 5.76. The largest absolute Gasteiger partial charge is 0.480 e. The van der Waals surface area contributed by atoms with E-state index in [-0.39, 0.29) is 5.92 Å². The molecule has 0 amide bonds. The Labute approximate surface area is 124 Å². The summed E-state index contributed by atoms with van der Waals surface area (Å²) >= 11 is 0. The number of carboxylic acid groups (broad SMARTS) is 1. The highest BCUT2D eigenvalue weighted by atomic mass is 16.4. The fourth-order valence-electron chi connectivity index (χ4n) is 2.71. The zero-order chi connectivity index (χ0) is 14.7. The highest BCUT2D eigenvalue weighted by Gasteiger charge is 2.35. The summed E-state index contributed by atoms with van der Waals surface area (Å²) in [5, 5.41) is 13.0. The van der Waals surface area contributed by atoms with Crippen molar-refractivity contribution < 1.29 is 9.90 Å². The first kappa shape index (κ1) is 13.8. The maximum absolute atomic E-state index is 11.8. The molecule has 1 aliphatic rings. The third kappa shape index (κ3) is 3.31. The summed E-state index contributed by atoms with van der Waals surface area (Å²) in [6, 6.07) is 19.5. The van der Waals surface area contributed by atoms with Crippen molar-refractivity contribution in [1.82, 2.24) is 5.32 Å². The molecule has 0 heterocycles. The minimum atomic E-state index is -0.792. The van der Waals surface area contributed by atoms with Gasteiger partial charge in [-0.15, -0.1) is 0 Å². The lowest BCUT2D eigenvalue weighted by Gasteiger charge is -2.26. The van der Waals surface area contributed by atoms with Gasteiger partial charge in [0.05, 0.1) is 0 Å². The molecule has 3 nitrogen and oxygen atoms in total. The van der Waals surface area contributed by atoms with Crippen LogP contribution in [0.15, 0.2) is 60.7 Å². The topological polar surface area (TPSA) is 49.3 Å². The van der Waals surface area contributed by atoms with Gasteiger partial charge in [0, 0.05) is 12.0 Å². The fourth-order valence-corrected chi connectivity index (χ4v) is 2.71. The molecule has 0 radical (unpaired) electrons. The van der Waals surface area contributed by atoms with Gasteiger partial charge >= 0.3 is 5.97 Å². The molecular weight excluding hydrogens is 262 g/mol. The Bertz CT molecular complexity index is 554. The van der Waals surface area contributed by atoms with E-state index in [2.05, 4.69) is 5.32 Å². The SMILES string of the molecule is O=C(O)C(NC1CC1)C(c1ccccc1)c1ccccc1. The van der Waals surface area contributed by atoms with Crippen LogP contribution < -0.4 is 5.32 Å². The number of nitrogens with one attached hydrogen (secondary N) is 1. The standard InChI is InChI=1S/C18H19NO2/c20-18(21)17(19-15-11-12-15)16(13-7-3-1-4-8-13)14-9-5-2-6-10-14/h1-10,15-17,19H,11-12H2,(H,20,21). The molecule has 108 valence electrons. The number of hydrogen-bond acceptors (Lipinski definition) is 2. The van der Waals surface area contributed by atoms with Crippen molar-refractivity contribution in [1.29, 1.82) is 0 Å². The van der Waals surface area contributed by atoms with Crippen LogP contribution in [0.3, 0.4) is 0 Å². The normalized spacial score (nSPS) is 15.9. The van der Waals surface area contributed by atoms with Crippen LogP contribution in [-0.4, -0.2) is 23.2 Å². The second-order valence-electron chi connectivity index (χ2n) is 5.56. The molecule has 2 aromatic carbocycles. The van der Waals surface area contributed by atoms with Gasteiger partial charge in [-0.05, 0) is 24.0 Å². The van der Waals surface area contributed by atoms with Crippen LogP contribution in [0.4, 0.5) is 0 Å². The predicted octanol–water partition coefficient (Wildman–Crippen LogP) is 3.02. The van der Waals surface area contributed by atoms with Crippen LogP contribution in [0.5, 0.6) is 0 Å². The van der Waals surface area contributed by atoms with Crippen molar-refractivity contribution in [3.8, 4) is 0 Å². The number of carbonyl (C=O) groups is 1. The van der Waals surface area contributed by atoms with Gasteiger partial charge in [0.2, 0.25) is 0 Å². The van der Waals surface area contributed by atoms with Crippen LogP contribution in [0.25, 0.3) is 0 Å². The molecule has 0 saturated heterocycles. The van der Waals surface area contributed by atoms with Gasteiger partial charge in [-0.1, -0.05) is 60.7 Å². The number of aliphatic carboxylic acids is 1. The quantitative estimate of drug-likeness (QED) is 0.855. The predicted molar refractivity (Wildman–Crippen MR) is 82.3 cm³/mol. The first-order chi connectivity index (χ1) is 10.3. The summed E-state index contributed by atoms with van der Waals surface area (Å²) in [5.41, 5.74) is 2.06. The van der Waals surface area contributed by atoms with Gasteiger partial charge in [-0.3, -0.25) is 4.79 Å². The van der Waals surface area contributed by atoms with Crippen molar-refractivity contribution >= 4 is 5.97 Å². The molecule has 1 aliphatic carbocycles. The number of rotatable bonds is 6. The van der Waals surface area contributed by atoms with E-state index in [1.54, 1.807) is 0 Å². The molecule has 21 heavy (non-hydrogen) atoms. The smallest absolute Gasteiger partial charge is 0.321 e. The summed E-state index contributed by atoms with van der Waals surface area (Å²) in [6.07, 6.45) is 2.14. The lowest BCUT2D eigenvalue weighted by Crippen LogP contribution is -2.43. The molecule has 1 saturated carbocycles. The maximum Gasteiger partial charge on any atom is 0.321 e. The van der Waals surface area contributed by atoms with E-state index >= 15 is 0 Å². The minimum Gasteiger partial charge on any atom is -0.480 e. The first-order valence-corrected chi connectivity index (χ1v) is 7.34. The van der Waals surface area contributed by atoms with Crippen LogP contribution >= 0.6 is 0 Å². The Balaban J connectivity index is 1.99. The summed E-state index contributed by atoms with van der Waals surface area (Å²) in [7, 11) is 0. The van der Waals surface area contributed by atoms with Gasteiger partial charge in [-0.25, -0.2) is 0 Å².